The zero-order valence-electron chi connectivity index (χ0n) is 12.2. The highest BCUT2D eigenvalue weighted by Crippen LogP contribution is 2.22. The fourth-order valence-electron chi connectivity index (χ4n) is 2.10. The van der Waals surface area contributed by atoms with Crippen molar-refractivity contribution in [2.24, 2.45) is 5.16 Å². The second-order valence-corrected chi connectivity index (χ2v) is 4.70. The van der Waals surface area contributed by atoms with Gasteiger partial charge in [0.15, 0.2) is 0 Å². The molecule has 2 rings (SSSR count). The number of aryl methyl sites for hydroxylation is 2. The third-order valence-corrected chi connectivity index (χ3v) is 3.11. The minimum Gasteiger partial charge on any atom is -0.489 e. The summed E-state index contributed by atoms with van der Waals surface area (Å²) in [6.45, 7) is 4.92. The van der Waals surface area contributed by atoms with E-state index >= 15 is 0 Å². The van der Waals surface area contributed by atoms with Crippen molar-refractivity contribution in [3.05, 3.63) is 59.2 Å². The highest BCUT2D eigenvalue weighted by atomic mass is 16.5. The first-order valence-electron chi connectivity index (χ1n) is 6.80. The van der Waals surface area contributed by atoms with E-state index in [0.717, 1.165) is 22.4 Å². The second-order valence-electron chi connectivity index (χ2n) is 4.70. The number of oxime groups is 1. The Morgan fingerprint density at radius 1 is 0.952 bits per heavy atom. The zero-order chi connectivity index (χ0) is 15.1. The van der Waals surface area contributed by atoms with Gasteiger partial charge in [-0.2, -0.15) is 0 Å². The lowest BCUT2D eigenvalue weighted by molar-refractivity contribution is 0.215. The van der Waals surface area contributed by atoms with Crippen LogP contribution in [0.25, 0.3) is 0 Å². The summed E-state index contributed by atoms with van der Waals surface area (Å²) in [7, 11) is 0. The van der Waals surface area contributed by atoms with Crippen LogP contribution in [0, 0.1) is 13.8 Å². The fraction of sp³-hybridized carbons (Fsp3) is 0.235. The highest BCUT2D eigenvalue weighted by Gasteiger charge is 2.04. The summed E-state index contributed by atoms with van der Waals surface area (Å²) in [5.74, 6) is 1.58. The van der Waals surface area contributed by atoms with Gasteiger partial charge in [0, 0.05) is 5.56 Å². The van der Waals surface area contributed by atoms with Gasteiger partial charge in [-0.15, -0.1) is 0 Å². The molecule has 0 fully saturated rings. The van der Waals surface area contributed by atoms with Crippen molar-refractivity contribution in [2.45, 2.75) is 13.8 Å². The second kappa shape index (κ2) is 7.33. The Kier molecular flexibility index (Phi) is 5.21. The van der Waals surface area contributed by atoms with E-state index < -0.39 is 0 Å². The molecule has 0 atom stereocenters. The number of hydrogen-bond donors (Lipinski definition) is 1. The number of rotatable bonds is 6. The van der Waals surface area contributed by atoms with Crippen molar-refractivity contribution in [2.75, 3.05) is 13.2 Å². The van der Waals surface area contributed by atoms with Crippen LogP contribution in [0.2, 0.25) is 0 Å². The van der Waals surface area contributed by atoms with Crippen LogP contribution in [-0.4, -0.2) is 24.6 Å². The average Bonchev–Trinajstić information content (AvgIpc) is 2.48. The van der Waals surface area contributed by atoms with Gasteiger partial charge in [0.2, 0.25) is 0 Å². The van der Waals surface area contributed by atoms with Gasteiger partial charge in [0.05, 0.1) is 6.21 Å². The lowest BCUT2D eigenvalue weighted by Gasteiger charge is -2.13. The summed E-state index contributed by atoms with van der Waals surface area (Å²) >= 11 is 0. The third kappa shape index (κ3) is 3.99. The molecule has 4 heteroatoms. The van der Waals surface area contributed by atoms with Crippen LogP contribution in [0.1, 0.15) is 16.7 Å². The molecule has 0 heterocycles. The molecule has 2 aromatic rings. The van der Waals surface area contributed by atoms with E-state index in [-0.39, 0.29) is 0 Å². The van der Waals surface area contributed by atoms with E-state index in [9.17, 15) is 0 Å². The molecule has 0 aliphatic rings. The van der Waals surface area contributed by atoms with Crippen LogP contribution in [0.4, 0.5) is 0 Å². The van der Waals surface area contributed by atoms with Gasteiger partial charge in [-0.3, -0.25) is 0 Å². The predicted molar refractivity (Wildman–Crippen MR) is 82.7 cm³/mol. The standard InChI is InChI=1S/C17H19NO3/c1-13-6-5-7-14(2)17(13)21-11-10-20-16-9-4-3-8-15(16)12-18-19/h3-9,12,19H,10-11H2,1-2H3. The van der Waals surface area contributed by atoms with Crippen molar-refractivity contribution in [3.63, 3.8) is 0 Å². The molecule has 0 aromatic heterocycles. The maximum atomic E-state index is 8.61. The Bertz CT molecular complexity index is 603. The molecule has 0 amide bonds. The molecule has 0 unspecified atom stereocenters. The van der Waals surface area contributed by atoms with Gasteiger partial charge >= 0.3 is 0 Å². The summed E-state index contributed by atoms with van der Waals surface area (Å²) in [6.07, 6.45) is 1.35. The number of benzene rings is 2. The van der Waals surface area contributed by atoms with E-state index in [0.29, 0.717) is 19.0 Å². The van der Waals surface area contributed by atoms with E-state index in [2.05, 4.69) is 5.16 Å². The Labute approximate surface area is 124 Å². The molecule has 0 radical (unpaired) electrons. The lowest BCUT2D eigenvalue weighted by atomic mass is 10.1. The lowest BCUT2D eigenvalue weighted by Crippen LogP contribution is -2.11. The van der Waals surface area contributed by atoms with E-state index in [1.807, 2.05) is 56.3 Å². The van der Waals surface area contributed by atoms with E-state index in [1.165, 1.54) is 6.21 Å². The largest absolute Gasteiger partial charge is 0.489 e. The monoisotopic (exact) mass is 285 g/mol. The normalized spacial score (nSPS) is 10.8. The van der Waals surface area contributed by atoms with Crippen LogP contribution in [0.15, 0.2) is 47.6 Å². The van der Waals surface area contributed by atoms with E-state index in [1.54, 1.807) is 0 Å². The van der Waals surface area contributed by atoms with Gasteiger partial charge in [-0.25, -0.2) is 0 Å². The van der Waals surface area contributed by atoms with Crippen LogP contribution < -0.4 is 9.47 Å². The topological polar surface area (TPSA) is 51.0 Å². The predicted octanol–water partition coefficient (Wildman–Crippen LogP) is 3.57. The van der Waals surface area contributed by atoms with Crippen LogP contribution in [0.3, 0.4) is 0 Å². The van der Waals surface area contributed by atoms with Gasteiger partial charge in [0.1, 0.15) is 24.7 Å². The molecular formula is C17H19NO3. The summed E-state index contributed by atoms with van der Waals surface area (Å²) in [5.41, 5.74) is 2.96. The minimum absolute atomic E-state index is 0.421. The molecule has 0 bridgehead atoms. The maximum Gasteiger partial charge on any atom is 0.128 e. The first kappa shape index (κ1) is 14.9. The number of para-hydroxylation sites is 2. The van der Waals surface area contributed by atoms with Crippen molar-refractivity contribution in [1.29, 1.82) is 0 Å². The van der Waals surface area contributed by atoms with Gasteiger partial charge in [-0.05, 0) is 37.1 Å². The minimum atomic E-state index is 0.421. The Balaban J connectivity index is 1.91. The smallest absolute Gasteiger partial charge is 0.128 e. The van der Waals surface area contributed by atoms with Crippen LogP contribution >= 0.6 is 0 Å². The maximum absolute atomic E-state index is 8.61. The quantitative estimate of drug-likeness (QED) is 0.382. The Hall–Kier alpha value is -2.49. The van der Waals surface area contributed by atoms with Crippen molar-refractivity contribution < 1.29 is 14.7 Å². The number of ether oxygens (including phenoxy) is 2. The van der Waals surface area contributed by atoms with E-state index in [4.69, 9.17) is 14.7 Å². The summed E-state index contributed by atoms with van der Waals surface area (Å²) < 4.78 is 11.4. The Morgan fingerprint density at radius 3 is 2.33 bits per heavy atom. The summed E-state index contributed by atoms with van der Waals surface area (Å²) in [6, 6.07) is 13.4. The molecule has 0 spiro atoms. The molecular weight excluding hydrogens is 266 g/mol. The molecule has 0 saturated heterocycles. The van der Waals surface area contributed by atoms with Crippen LogP contribution in [0.5, 0.6) is 11.5 Å². The molecule has 110 valence electrons. The van der Waals surface area contributed by atoms with Crippen molar-refractivity contribution in [3.8, 4) is 11.5 Å². The molecule has 0 aliphatic carbocycles. The molecule has 0 saturated carbocycles. The summed E-state index contributed by atoms with van der Waals surface area (Å²) in [4.78, 5) is 0. The molecule has 2 aromatic carbocycles. The van der Waals surface area contributed by atoms with Gasteiger partial charge < -0.3 is 14.7 Å². The summed E-state index contributed by atoms with van der Waals surface area (Å²) in [5, 5.41) is 11.6. The highest BCUT2D eigenvalue weighted by molar-refractivity contribution is 5.82. The van der Waals surface area contributed by atoms with Gasteiger partial charge in [0.25, 0.3) is 0 Å². The molecule has 1 N–H and O–H groups in total. The molecule has 0 aliphatic heterocycles. The van der Waals surface area contributed by atoms with Crippen molar-refractivity contribution >= 4 is 6.21 Å². The number of nitrogens with zero attached hydrogens (tertiary/aromatic N) is 1. The SMILES string of the molecule is Cc1cccc(C)c1OCCOc1ccccc1C=NO. The Morgan fingerprint density at radius 2 is 1.62 bits per heavy atom. The molecule has 21 heavy (non-hydrogen) atoms. The first-order chi connectivity index (χ1) is 10.2. The zero-order valence-corrected chi connectivity index (χ0v) is 12.2. The average molecular weight is 285 g/mol. The fourth-order valence-corrected chi connectivity index (χ4v) is 2.10. The molecule has 4 nitrogen and oxygen atoms in total. The van der Waals surface area contributed by atoms with Crippen molar-refractivity contribution in [1.82, 2.24) is 0 Å². The van der Waals surface area contributed by atoms with Gasteiger partial charge in [-0.1, -0.05) is 35.5 Å². The van der Waals surface area contributed by atoms with Crippen LogP contribution in [-0.2, 0) is 0 Å². The number of hydrogen-bond acceptors (Lipinski definition) is 4. The first-order valence-corrected chi connectivity index (χ1v) is 6.80. The third-order valence-electron chi connectivity index (χ3n) is 3.11.